The third-order valence-electron chi connectivity index (χ3n) is 10.2. The Balaban J connectivity index is 1.17. The van der Waals surface area contributed by atoms with Crippen molar-refractivity contribution in [3.8, 4) is 16.9 Å². The second kappa shape index (κ2) is 12.8. The zero-order valence-corrected chi connectivity index (χ0v) is 24.5. The highest BCUT2D eigenvalue weighted by Crippen LogP contribution is 2.61. The van der Waals surface area contributed by atoms with Gasteiger partial charge in [0.1, 0.15) is 5.60 Å². The van der Waals surface area contributed by atoms with Gasteiger partial charge in [-0.05, 0) is 98.1 Å². The van der Waals surface area contributed by atoms with Gasteiger partial charge in [0.05, 0.1) is 19.8 Å². The molecule has 0 aliphatic heterocycles. The van der Waals surface area contributed by atoms with Gasteiger partial charge in [-0.3, -0.25) is 0 Å². The van der Waals surface area contributed by atoms with E-state index in [-0.39, 0.29) is 34.8 Å². The van der Waals surface area contributed by atoms with Crippen molar-refractivity contribution in [3.05, 3.63) is 53.1 Å². The Labute approximate surface area is 246 Å². The lowest BCUT2D eigenvalue weighted by Gasteiger charge is -2.57. The van der Waals surface area contributed by atoms with E-state index >= 15 is 13.2 Å². The fraction of sp³-hybridized carbons (Fsp3) is 0.647. The van der Waals surface area contributed by atoms with E-state index < -0.39 is 42.1 Å². The molecule has 0 spiro atoms. The summed E-state index contributed by atoms with van der Waals surface area (Å²) >= 11 is 0. The number of halogens is 4. The maximum atomic E-state index is 15.6. The zero-order valence-electron chi connectivity index (χ0n) is 24.5. The number of rotatable bonds is 14. The van der Waals surface area contributed by atoms with Gasteiger partial charge in [-0.25, -0.2) is 13.2 Å². The van der Waals surface area contributed by atoms with Crippen LogP contribution < -0.4 is 4.74 Å². The number of ether oxygens (including phenoxy) is 1. The first-order valence-corrected chi connectivity index (χ1v) is 15.6. The predicted molar refractivity (Wildman–Crippen MR) is 153 cm³/mol. The minimum absolute atomic E-state index is 0.0719. The van der Waals surface area contributed by atoms with Crippen LogP contribution in [0, 0.1) is 46.9 Å². The molecule has 3 N–H and O–H groups in total. The molecular weight excluding hydrogens is 548 g/mol. The molecule has 4 fully saturated rings. The van der Waals surface area contributed by atoms with E-state index in [1.54, 1.807) is 6.07 Å². The second-order valence-corrected chi connectivity index (χ2v) is 13.6. The van der Waals surface area contributed by atoms with Gasteiger partial charge >= 0.3 is 0 Å². The Bertz CT molecular complexity index is 1210. The number of hydrogen-bond donors (Lipinski definition) is 3. The van der Waals surface area contributed by atoms with E-state index in [1.165, 1.54) is 37.5 Å². The highest BCUT2D eigenvalue weighted by atomic mass is 19.2. The highest BCUT2D eigenvalue weighted by Gasteiger charge is 2.52. The van der Waals surface area contributed by atoms with Crippen molar-refractivity contribution < 1.29 is 37.6 Å². The molecule has 0 saturated heterocycles. The fourth-order valence-electron chi connectivity index (χ4n) is 8.28. The maximum absolute atomic E-state index is 15.6. The monoisotopic (exact) mass is 592 g/mol. The number of aliphatic hydroxyl groups excluding tert-OH is 2. The fourth-order valence-corrected chi connectivity index (χ4v) is 8.28. The third-order valence-corrected chi connectivity index (χ3v) is 10.2. The maximum Gasteiger partial charge on any atom is 0.201 e. The molecule has 2 aromatic rings. The van der Waals surface area contributed by atoms with E-state index in [9.17, 15) is 9.50 Å². The van der Waals surface area contributed by atoms with Crippen LogP contribution in [0.15, 0.2) is 24.3 Å². The Morgan fingerprint density at radius 1 is 0.786 bits per heavy atom. The van der Waals surface area contributed by atoms with E-state index in [0.717, 1.165) is 44.9 Å². The van der Waals surface area contributed by atoms with Crippen LogP contribution in [0.1, 0.15) is 89.5 Å². The quantitative estimate of drug-likeness (QED) is 0.157. The van der Waals surface area contributed by atoms with Crippen molar-refractivity contribution in [2.24, 2.45) is 23.7 Å². The van der Waals surface area contributed by atoms with E-state index in [1.807, 2.05) is 6.92 Å². The van der Waals surface area contributed by atoms with Crippen molar-refractivity contribution >= 4 is 0 Å². The molecule has 8 heteroatoms. The standard InChI is InChI=1S/C34H44F4O4/c1-21(6-4-2-3-5-11-34(41,19-39)20-40)18-42-28-10-8-26(30(36)32(28)38)25-7-9-27(31(37)29(25)35)33-15-22-12-23(16-33)14-24(13-22)17-33/h7-10,21-24,39-41H,2-6,11-20H2,1H3/t21-,22?,23?,24?,33?/m0/s1. The molecule has 1 atom stereocenters. The van der Waals surface area contributed by atoms with Crippen LogP contribution in [0.4, 0.5) is 17.6 Å². The number of benzene rings is 2. The summed E-state index contributed by atoms with van der Waals surface area (Å²) < 4.78 is 66.8. The molecule has 42 heavy (non-hydrogen) atoms. The van der Waals surface area contributed by atoms with Crippen molar-refractivity contribution in [2.75, 3.05) is 19.8 Å². The largest absolute Gasteiger partial charge is 0.490 e. The Kier molecular flexibility index (Phi) is 9.55. The van der Waals surface area contributed by atoms with E-state index in [2.05, 4.69) is 0 Å². The molecule has 4 saturated carbocycles. The summed E-state index contributed by atoms with van der Waals surface area (Å²) in [7, 11) is 0. The van der Waals surface area contributed by atoms with Gasteiger partial charge in [0.15, 0.2) is 23.2 Å². The summed E-state index contributed by atoms with van der Waals surface area (Å²) in [4.78, 5) is 0. The van der Waals surface area contributed by atoms with Gasteiger partial charge in [-0.1, -0.05) is 44.7 Å². The Morgan fingerprint density at radius 2 is 1.33 bits per heavy atom. The second-order valence-electron chi connectivity index (χ2n) is 13.6. The summed E-state index contributed by atoms with van der Waals surface area (Å²) in [5.74, 6) is -3.02. The summed E-state index contributed by atoms with van der Waals surface area (Å²) in [5.41, 5.74) is -1.99. The van der Waals surface area contributed by atoms with Crippen LogP contribution in [0.3, 0.4) is 0 Å². The van der Waals surface area contributed by atoms with Crippen molar-refractivity contribution in [1.82, 2.24) is 0 Å². The van der Waals surface area contributed by atoms with Crippen LogP contribution in [-0.4, -0.2) is 40.7 Å². The third kappa shape index (κ3) is 6.36. The van der Waals surface area contributed by atoms with Crippen molar-refractivity contribution in [2.45, 2.75) is 95.0 Å². The lowest BCUT2D eigenvalue weighted by Crippen LogP contribution is -2.49. The zero-order chi connectivity index (χ0) is 30.1. The molecule has 0 heterocycles. The normalized spacial score (nSPS) is 25.7. The van der Waals surface area contributed by atoms with Crippen LogP contribution in [0.25, 0.3) is 11.1 Å². The van der Waals surface area contributed by atoms with Crippen LogP contribution in [0.2, 0.25) is 0 Å². The molecular formula is C34H44F4O4. The average molecular weight is 593 g/mol. The number of hydrogen-bond acceptors (Lipinski definition) is 4. The van der Waals surface area contributed by atoms with Gasteiger partial charge in [0, 0.05) is 11.1 Å². The molecule has 4 aliphatic carbocycles. The molecule has 0 aromatic heterocycles. The molecule has 0 radical (unpaired) electrons. The summed E-state index contributed by atoms with van der Waals surface area (Å²) in [6.45, 7) is 1.17. The first-order valence-electron chi connectivity index (χ1n) is 15.6. The molecule has 4 bridgehead atoms. The summed E-state index contributed by atoms with van der Waals surface area (Å²) in [6.07, 6.45) is 10.6. The lowest BCUT2D eigenvalue weighted by molar-refractivity contribution is -0.0616. The van der Waals surface area contributed by atoms with Crippen molar-refractivity contribution in [3.63, 3.8) is 0 Å². The first kappa shape index (κ1) is 31.3. The topological polar surface area (TPSA) is 69.9 Å². The molecule has 6 rings (SSSR count). The van der Waals surface area contributed by atoms with Gasteiger partial charge in [0.25, 0.3) is 0 Å². The minimum Gasteiger partial charge on any atom is -0.490 e. The van der Waals surface area contributed by atoms with Crippen LogP contribution >= 0.6 is 0 Å². The van der Waals surface area contributed by atoms with Gasteiger partial charge < -0.3 is 20.1 Å². The molecule has 4 nitrogen and oxygen atoms in total. The summed E-state index contributed by atoms with van der Waals surface area (Å²) in [6, 6.07) is 5.53. The lowest BCUT2D eigenvalue weighted by atomic mass is 9.48. The smallest absolute Gasteiger partial charge is 0.201 e. The van der Waals surface area contributed by atoms with Crippen LogP contribution in [-0.2, 0) is 5.41 Å². The molecule has 2 aromatic carbocycles. The molecule has 0 unspecified atom stereocenters. The predicted octanol–water partition coefficient (Wildman–Crippen LogP) is 7.45. The number of unbranched alkanes of at least 4 members (excludes halogenated alkanes) is 3. The SMILES string of the molecule is C[C@@H](CCCCCCC(O)(CO)CO)COc1ccc(-c2ccc(C34CC5CC(CC(C5)C3)C4)c(F)c2F)c(F)c1F. The molecule has 0 amide bonds. The van der Waals surface area contributed by atoms with E-state index in [0.29, 0.717) is 36.2 Å². The van der Waals surface area contributed by atoms with Gasteiger partial charge in [-0.2, -0.15) is 4.39 Å². The molecule has 232 valence electrons. The Hall–Kier alpha value is -2.16. The highest BCUT2D eigenvalue weighted by molar-refractivity contribution is 5.67. The first-order chi connectivity index (χ1) is 20.1. The average Bonchev–Trinajstić information content (AvgIpc) is 2.96. The summed E-state index contributed by atoms with van der Waals surface area (Å²) in [5, 5.41) is 28.2. The number of aliphatic hydroxyl groups is 3. The molecule has 4 aliphatic rings. The minimum atomic E-state index is -1.44. The van der Waals surface area contributed by atoms with Crippen LogP contribution in [0.5, 0.6) is 5.75 Å². The van der Waals surface area contributed by atoms with E-state index in [4.69, 9.17) is 14.9 Å². The Morgan fingerprint density at radius 3 is 1.93 bits per heavy atom. The van der Waals surface area contributed by atoms with Gasteiger partial charge in [0.2, 0.25) is 5.82 Å². The van der Waals surface area contributed by atoms with Gasteiger partial charge in [-0.15, -0.1) is 0 Å². The van der Waals surface area contributed by atoms with Crippen molar-refractivity contribution in [1.29, 1.82) is 0 Å².